The zero-order valence-corrected chi connectivity index (χ0v) is 23.5. The summed E-state index contributed by atoms with van der Waals surface area (Å²) in [7, 11) is 0. The number of benzene rings is 2. The molecule has 41 heavy (non-hydrogen) atoms. The lowest BCUT2D eigenvalue weighted by Gasteiger charge is -2.59. The smallest absolute Gasteiger partial charge is 0.238 e. The van der Waals surface area contributed by atoms with Gasteiger partial charge in [0.25, 0.3) is 0 Å². The number of aliphatic hydroxyl groups is 1. The molecule has 2 aromatic rings. The van der Waals surface area contributed by atoms with Crippen LogP contribution in [-0.4, -0.2) is 67.2 Å². The Kier molecular flexibility index (Phi) is 7.30. The van der Waals surface area contributed by atoms with Crippen LogP contribution in [0.15, 0.2) is 36.4 Å². The monoisotopic (exact) mass is 611 g/mol. The summed E-state index contributed by atoms with van der Waals surface area (Å²) in [6, 6.07) is 7.69. The number of carbonyl (C=O) groups excluding carboxylic acids is 2. The van der Waals surface area contributed by atoms with Gasteiger partial charge in [-0.3, -0.25) is 23.7 Å². The van der Waals surface area contributed by atoms with Gasteiger partial charge in [0.1, 0.15) is 11.2 Å². The molecule has 12 heteroatoms. The van der Waals surface area contributed by atoms with Crippen LogP contribution in [0, 0.1) is 11.2 Å². The third-order valence-corrected chi connectivity index (χ3v) is 9.97. The van der Waals surface area contributed by atoms with E-state index in [4.69, 9.17) is 27.9 Å². The Morgan fingerprint density at radius 3 is 2.56 bits per heavy atom. The fourth-order valence-electron chi connectivity index (χ4n) is 7.71. The molecular weight excluding hydrogens is 582 g/mol. The number of nitrogens with one attached hydrogen (secondary N) is 3. The van der Waals surface area contributed by atoms with Crippen LogP contribution in [0.5, 0.6) is 0 Å². The maximum absolute atomic E-state index is 15.9. The second-order valence-corrected chi connectivity index (χ2v) is 12.7. The topological polar surface area (TPSA) is 99.7 Å². The number of amides is 2. The Morgan fingerprint density at radius 1 is 1.15 bits per heavy atom. The van der Waals surface area contributed by atoms with Crippen molar-refractivity contribution in [3.63, 3.8) is 0 Å². The van der Waals surface area contributed by atoms with E-state index in [-0.39, 0.29) is 48.8 Å². The molecule has 2 aromatic carbocycles. The summed E-state index contributed by atoms with van der Waals surface area (Å²) >= 11 is 12.5. The molecule has 3 aliphatic heterocycles. The number of alkyl halides is 2. The predicted molar refractivity (Wildman–Crippen MR) is 147 cm³/mol. The Balaban J connectivity index is 1.50. The van der Waals surface area contributed by atoms with Crippen LogP contribution < -0.4 is 16.0 Å². The van der Waals surface area contributed by atoms with Crippen molar-refractivity contribution >= 4 is 40.7 Å². The lowest BCUT2D eigenvalue weighted by Crippen LogP contribution is -2.70. The number of ether oxygens (including phenoxy) is 1. The number of hydrogen-bond acceptors (Lipinski definition) is 5. The van der Waals surface area contributed by atoms with Crippen LogP contribution in [0.3, 0.4) is 0 Å². The van der Waals surface area contributed by atoms with E-state index in [1.165, 1.54) is 12.1 Å². The number of fused-ring (bicyclic) bond motifs is 3. The number of carbonyl (C=O) groups is 2. The minimum Gasteiger partial charge on any atom is -0.394 e. The second kappa shape index (κ2) is 10.4. The van der Waals surface area contributed by atoms with E-state index < -0.39 is 59.3 Å². The fourth-order valence-corrected chi connectivity index (χ4v) is 8.07. The molecule has 2 spiro atoms. The zero-order valence-electron chi connectivity index (χ0n) is 22.0. The maximum atomic E-state index is 15.9. The highest BCUT2D eigenvalue weighted by Gasteiger charge is 2.78. The van der Waals surface area contributed by atoms with E-state index >= 15 is 4.39 Å². The first-order chi connectivity index (χ1) is 19.6. The summed E-state index contributed by atoms with van der Waals surface area (Å²) in [5, 5.41) is 18.7. The van der Waals surface area contributed by atoms with Gasteiger partial charge < -0.3 is 20.5 Å². The van der Waals surface area contributed by atoms with E-state index in [0.717, 1.165) is 0 Å². The summed E-state index contributed by atoms with van der Waals surface area (Å²) < 4.78 is 50.0. The summed E-state index contributed by atoms with van der Waals surface area (Å²) in [5.74, 6) is -2.93. The Bertz CT molecular complexity index is 1380. The molecule has 0 aromatic heterocycles. The molecule has 1 aliphatic carbocycles. The van der Waals surface area contributed by atoms with E-state index in [1.54, 1.807) is 24.3 Å². The molecule has 0 radical (unpaired) electrons. The SMILES string of the molecule is O=C(N[C@@H]1CC[C@@H](CO)OC1)[C@@H]1NC2(CC(CF)(CF)C2)C2(C(=O)Nc3cc(Cl)ccc32)[C@H]1c1cccc(Cl)c1F. The number of hydrogen-bond donors (Lipinski definition) is 4. The Morgan fingerprint density at radius 2 is 1.90 bits per heavy atom. The van der Waals surface area contributed by atoms with Crippen molar-refractivity contribution in [3.8, 4) is 0 Å². The average molecular weight is 612 g/mol. The van der Waals surface area contributed by atoms with E-state index in [1.807, 2.05) is 0 Å². The van der Waals surface area contributed by atoms with Gasteiger partial charge in [-0.2, -0.15) is 0 Å². The third-order valence-electron chi connectivity index (χ3n) is 9.44. The normalized spacial score (nSPS) is 31.1. The van der Waals surface area contributed by atoms with Gasteiger partial charge in [0, 0.05) is 27.6 Å². The molecule has 2 amide bonds. The molecule has 4 aliphatic rings. The number of rotatable bonds is 6. The van der Waals surface area contributed by atoms with Crippen LogP contribution in [0.25, 0.3) is 0 Å². The summed E-state index contributed by atoms with van der Waals surface area (Å²) in [4.78, 5) is 28.3. The van der Waals surface area contributed by atoms with Gasteiger partial charge in [-0.25, -0.2) is 4.39 Å². The number of anilines is 1. The highest BCUT2D eigenvalue weighted by atomic mass is 35.5. The zero-order chi connectivity index (χ0) is 29.2. The van der Waals surface area contributed by atoms with E-state index in [0.29, 0.717) is 29.1 Å². The molecule has 6 rings (SSSR count). The molecule has 1 unspecified atom stereocenters. The van der Waals surface area contributed by atoms with E-state index in [2.05, 4.69) is 16.0 Å². The van der Waals surface area contributed by atoms with E-state index in [9.17, 15) is 23.5 Å². The van der Waals surface area contributed by atoms with Gasteiger partial charge >= 0.3 is 0 Å². The van der Waals surface area contributed by atoms with Crippen LogP contribution in [0.4, 0.5) is 18.9 Å². The third kappa shape index (κ3) is 4.20. The predicted octanol–water partition coefficient (Wildman–Crippen LogP) is 4.19. The fraction of sp³-hybridized carbons (Fsp3) is 0.517. The molecule has 7 nitrogen and oxygen atoms in total. The molecule has 4 N–H and O–H groups in total. The minimum atomic E-state index is -1.61. The van der Waals surface area contributed by atoms with Crippen LogP contribution in [-0.2, 0) is 19.7 Å². The van der Waals surface area contributed by atoms with Crippen LogP contribution in [0.1, 0.15) is 42.7 Å². The number of halogens is 5. The highest BCUT2D eigenvalue weighted by molar-refractivity contribution is 6.31. The minimum absolute atomic E-state index is 0.0400. The van der Waals surface area contributed by atoms with Crippen molar-refractivity contribution in [3.05, 3.63) is 63.4 Å². The number of aliphatic hydroxyl groups excluding tert-OH is 1. The summed E-state index contributed by atoms with van der Waals surface area (Å²) in [6.07, 6.45) is 0.588. The Labute approximate surface area is 245 Å². The molecule has 220 valence electrons. The van der Waals surface area contributed by atoms with Crippen molar-refractivity contribution in [1.29, 1.82) is 0 Å². The standard InChI is InChI=1S/C29H30Cl2F3N3O4/c30-15-4-7-19-21(8-15)36-26(40)29(19)22(18-2-1-3-20(31)23(18)34)24(37-28(29)11-27(12-28,13-32)14-33)25(39)35-16-5-6-17(9-38)41-10-16/h1-4,7-8,16-17,22,24,37-38H,5-6,9-14H2,(H,35,39)(H,36,40)/t16-,17+,22+,24-,29?/m1/s1. The largest absolute Gasteiger partial charge is 0.394 e. The van der Waals surface area contributed by atoms with Gasteiger partial charge in [0.2, 0.25) is 11.8 Å². The highest BCUT2D eigenvalue weighted by Crippen LogP contribution is 2.68. The van der Waals surface area contributed by atoms with Crippen molar-refractivity contribution in [2.75, 3.05) is 31.9 Å². The molecule has 0 bridgehead atoms. The maximum Gasteiger partial charge on any atom is 0.238 e. The van der Waals surface area contributed by atoms with Gasteiger partial charge in [0.05, 0.1) is 49.8 Å². The lowest BCUT2D eigenvalue weighted by atomic mass is 9.46. The van der Waals surface area contributed by atoms with Crippen molar-refractivity contribution in [1.82, 2.24) is 10.6 Å². The van der Waals surface area contributed by atoms with Crippen molar-refractivity contribution in [2.24, 2.45) is 5.41 Å². The Hall–Kier alpha value is -2.37. The van der Waals surface area contributed by atoms with Gasteiger partial charge in [0.15, 0.2) is 0 Å². The first-order valence-corrected chi connectivity index (χ1v) is 14.4. The summed E-state index contributed by atoms with van der Waals surface area (Å²) in [6.45, 7) is -1.85. The van der Waals surface area contributed by atoms with Gasteiger partial charge in [-0.1, -0.05) is 41.4 Å². The average Bonchev–Trinajstić information content (AvgIpc) is 3.41. The lowest BCUT2D eigenvalue weighted by molar-refractivity contribution is -0.131. The molecule has 3 fully saturated rings. The van der Waals surface area contributed by atoms with Crippen LogP contribution in [0.2, 0.25) is 10.0 Å². The molecule has 3 heterocycles. The summed E-state index contributed by atoms with van der Waals surface area (Å²) in [5.41, 5.74) is -3.32. The molecular formula is C29H30Cl2F3N3O4. The molecule has 1 saturated carbocycles. The quantitative estimate of drug-likeness (QED) is 0.392. The van der Waals surface area contributed by atoms with Gasteiger partial charge in [-0.15, -0.1) is 0 Å². The van der Waals surface area contributed by atoms with Crippen molar-refractivity contribution < 1.29 is 32.6 Å². The first kappa shape index (κ1) is 28.7. The van der Waals surface area contributed by atoms with Gasteiger partial charge in [-0.05, 0) is 55.0 Å². The molecule has 5 atom stereocenters. The van der Waals surface area contributed by atoms with Crippen LogP contribution >= 0.6 is 23.2 Å². The first-order valence-electron chi connectivity index (χ1n) is 13.6. The second-order valence-electron chi connectivity index (χ2n) is 11.8. The van der Waals surface area contributed by atoms with Crippen molar-refractivity contribution in [2.45, 2.75) is 60.7 Å². The molecule has 2 saturated heterocycles.